The average Bonchev–Trinajstić information content (AvgIpc) is 2.53. The van der Waals surface area contributed by atoms with Crippen LogP contribution in [0.15, 0.2) is 17.2 Å². The largest absolute Gasteiger partial charge is 0.363 e. The van der Waals surface area contributed by atoms with Crippen molar-refractivity contribution in [2.45, 2.75) is 39.2 Å². The number of hydrogen-bond donors (Lipinski definition) is 1. The first kappa shape index (κ1) is 11.2. The van der Waals surface area contributed by atoms with Crippen LogP contribution in [0.4, 0.5) is 5.82 Å². The summed E-state index contributed by atoms with van der Waals surface area (Å²) in [5.74, 6) is 0.479. The van der Waals surface area contributed by atoms with Gasteiger partial charge in [0.25, 0.3) is 5.56 Å². The molecule has 0 amide bonds. The molecule has 16 heavy (non-hydrogen) atoms. The van der Waals surface area contributed by atoms with Gasteiger partial charge in [-0.05, 0) is 24.7 Å². The molecule has 1 aromatic rings. The molecule has 0 aromatic carbocycles. The normalized spacial score (nSPS) is 23.3. The molecule has 4 heteroatoms. The molecule has 1 N–H and O–H groups in total. The van der Waals surface area contributed by atoms with Crippen molar-refractivity contribution in [3.63, 3.8) is 0 Å². The highest BCUT2D eigenvalue weighted by atomic mass is 16.1. The molecule has 1 aliphatic carbocycles. The molecule has 1 heterocycles. The van der Waals surface area contributed by atoms with E-state index in [1.165, 1.54) is 6.42 Å². The third-order valence-electron chi connectivity index (χ3n) is 3.33. The highest BCUT2D eigenvalue weighted by Gasteiger charge is 2.31. The van der Waals surface area contributed by atoms with Crippen molar-refractivity contribution in [3.8, 4) is 0 Å². The van der Waals surface area contributed by atoms with E-state index in [9.17, 15) is 4.79 Å². The van der Waals surface area contributed by atoms with Gasteiger partial charge in [0.1, 0.15) is 0 Å². The summed E-state index contributed by atoms with van der Waals surface area (Å²) in [6.45, 7) is 4.54. The Hall–Kier alpha value is -1.32. The van der Waals surface area contributed by atoms with Crippen LogP contribution in [0.5, 0.6) is 0 Å². The van der Waals surface area contributed by atoms with Crippen LogP contribution in [-0.4, -0.2) is 15.6 Å². The minimum absolute atomic E-state index is 0.0489. The smallest absolute Gasteiger partial charge is 0.293 e. The van der Waals surface area contributed by atoms with Crippen molar-refractivity contribution in [1.29, 1.82) is 0 Å². The van der Waals surface area contributed by atoms with Gasteiger partial charge in [0.15, 0.2) is 5.82 Å². The summed E-state index contributed by atoms with van der Waals surface area (Å²) in [5, 5.41) is 3.26. The SMILES string of the molecule is Cn1ccnc(NC2CCC(C)(C)C2)c1=O. The van der Waals surface area contributed by atoms with Gasteiger partial charge in [-0.25, -0.2) is 4.98 Å². The summed E-state index contributed by atoms with van der Waals surface area (Å²) in [5.41, 5.74) is 0.338. The monoisotopic (exact) mass is 221 g/mol. The number of nitrogens with one attached hydrogen (secondary N) is 1. The summed E-state index contributed by atoms with van der Waals surface area (Å²) < 4.78 is 1.55. The predicted molar refractivity (Wildman–Crippen MR) is 64.5 cm³/mol. The number of aromatic nitrogens is 2. The van der Waals surface area contributed by atoms with Crippen molar-refractivity contribution in [1.82, 2.24) is 9.55 Å². The van der Waals surface area contributed by atoms with Gasteiger partial charge in [0.2, 0.25) is 0 Å². The lowest BCUT2D eigenvalue weighted by Crippen LogP contribution is -2.27. The van der Waals surface area contributed by atoms with Crippen molar-refractivity contribution >= 4 is 5.82 Å². The standard InChI is InChI=1S/C12H19N3O/c1-12(2)5-4-9(8-12)14-10-11(16)15(3)7-6-13-10/h6-7,9H,4-5,8H2,1-3H3,(H,13,14). The molecule has 1 aliphatic rings. The van der Waals surface area contributed by atoms with Crippen LogP contribution in [0.2, 0.25) is 0 Å². The summed E-state index contributed by atoms with van der Waals surface area (Å²) in [7, 11) is 1.74. The van der Waals surface area contributed by atoms with Gasteiger partial charge in [-0.2, -0.15) is 0 Å². The fourth-order valence-electron chi connectivity index (χ4n) is 2.35. The molecule has 0 aliphatic heterocycles. The maximum Gasteiger partial charge on any atom is 0.293 e. The van der Waals surface area contributed by atoms with E-state index >= 15 is 0 Å². The molecule has 2 rings (SSSR count). The van der Waals surface area contributed by atoms with E-state index in [1.54, 1.807) is 24.0 Å². The molecule has 0 bridgehead atoms. The summed E-state index contributed by atoms with van der Waals surface area (Å²) >= 11 is 0. The Labute approximate surface area is 95.7 Å². The van der Waals surface area contributed by atoms with Crippen LogP contribution in [-0.2, 0) is 7.05 Å². The Morgan fingerprint density at radius 3 is 2.94 bits per heavy atom. The molecule has 1 unspecified atom stereocenters. The van der Waals surface area contributed by atoms with Gasteiger partial charge in [0.05, 0.1) is 0 Å². The molecular weight excluding hydrogens is 202 g/mol. The van der Waals surface area contributed by atoms with E-state index in [4.69, 9.17) is 0 Å². The third kappa shape index (κ3) is 2.26. The molecule has 1 fully saturated rings. The Kier molecular flexibility index (Phi) is 2.74. The first-order valence-electron chi connectivity index (χ1n) is 5.76. The van der Waals surface area contributed by atoms with Gasteiger partial charge >= 0.3 is 0 Å². The van der Waals surface area contributed by atoms with E-state index in [0.717, 1.165) is 12.8 Å². The zero-order valence-corrected chi connectivity index (χ0v) is 10.2. The minimum atomic E-state index is -0.0489. The highest BCUT2D eigenvalue weighted by molar-refractivity contribution is 5.32. The second-order valence-electron chi connectivity index (χ2n) is 5.44. The van der Waals surface area contributed by atoms with Crippen molar-refractivity contribution < 1.29 is 0 Å². The van der Waals surface area contributed by atoms with E-state index in [-0.39, 0.29) is 5.56 Å². The second kappa shape index (κ2) is 3.92. The van der Waals surface area contributed by atoms with E-state index < -0.39 is 0 Å². The van der Waals surface area contributed by atoms with Crippen LogP contribution in [0, 0.1) is 5.41 Å². The summed E-state index contributed by atoms with van der Waals surface area (Å²) in [6, 6.07) is 0.387. The molecule has 1 saturated carbocycles. The second-order valence-corrected chi connectivity index (χ2v) is 5.44. The van der Waals surface area contributed by atoms with Crippen molar-refractivity contribution in [2.75, 3.05) is 5.32 Å². The lowest BCUT2D eigenvalue weighted by Gasteiger charge is -2.18. The number of rotatable bonds is 2. The molecule has 0 spiro atoms. The maximum atomic E-state index is 11.8. The van der Waals surface area contributed by atoms with Crippen LogP contribution >= 0.6 is 0 Å². The first-order chi connectivity index (χ1) is 7.48. The van der Waals surface area contributed by atoms with Gasteiger partial charge in [-0.1, -0.05) is 13.8 Å². The molecule has 1 atom stereocenters. The van der Waals surface area contributed by atoms with Crippen molar-refractivity contribution in [3.05, 3.63) is 22.7 Å². The van der Waals surface area contributed by atoms with Crippen LogP contribution < -0.4 is 10.9 Å². The Morgan fingerprint density at radius 1 is 1.56 bits per heavy atom. The summed E-state index contributed by atoms with van der Waals surface area (Å²) in [4.78, 5) is 15.9. The fraction of sp³-hybridized carbons (Fsp3) is 0.667. The topological polar surface area (TPSA) is 46.9 Å². The fourth-order valence-corrected chi connectivity index (χ4v) is 2.35. The molecular formula is C12H19N3O. The zero-order valence-electron chi connectivity index (χ0n) is 10.2. The molecule has 0 saturated heterocycles. The van der Waals surface area contributed by atoms with Crippen LogP contribution in [0.3, 0.4) is 0 Å². The number of aryl methyl sites for hydroxylation is 1. The molecule has 88 valence electrons. The minimum Gasteiger partial charge on any atom is -0.363 e. The van der Waals surface area contributed by atoms with Crippen LogP contribution in [0.25, 0.3) is 0 Å². The number of nitrogens with zero attached hydrogens (tertiary/aromatic N) is 2. The van der Waals surface area contributed by atoms with E-state index in [1.807, 2.05) is 0 Å². The van der Waals surface area contributed by atoms with Crippen LogP contribution in [0.1, 0.15) is 33.1 Å². The molecule has 1 aromatic heterocycles. The maximum absolute atomic E-state index is 11.8. The molecule has 0 radical (unpaired) electrons. The lowest BCUT2D eigenvalue weighted by atomic mass is 9.92. The van der Waals surface area contributed by atoms with Gasteiger partial charge in [-0.3, -0.25) is 4.79 Å². The van der Waals surface area contributed by atoms with Crippen molar-refractivity contribution in [2.24, 2.45) is 12.5 Å². The predicted octanol–water partition coefficient (Wildman–Crippen LogP) is 1.77. The average molecular weight is 221 g/mol. The number of hydrogen-bond acceptors (Lipinski definition) is 3. The summed E-state index contributed by atoms with van der Waals surface area (Å²) in [6.07, 6.45) is 6.76. The first-order valence-corrected chi connectivity index (χ1v) is 5.76. The van der Waals surface area contributed by atoms with Gasteiger partial charge in [-0.15, -0.1) is 0 Å². The lowest BCUT2D eigenvalue weighted by molar-refractivity contribution is 0.378. The van der Waals surface area contributed by atoms with Gasteiger partial charge < -0.3 is 9.88 Å². The Balaban J connectivity index is 2.11. The van der Waals surface area contributed by atoms with E-state index in [0.29, 0.717) is 17.3 Å². The Morgan fingerprint density at radius 2 is 2.31 bits per heavy atom. The number of anilines is 1. The highest BCUT2D eigenvalue weighted by Crippen LogP contribution is 2.37. The zero-order chi connectivity index (χ0) is 11.8. The molecule has 4 nitrogen and oxygen atoms in total. The van der Waals surface area contributed by atoms with E-state index in [2.05, 4.69) is 24.1 Å². The Bertz CT molecular complexity index is 436. The van der Waals surface area contributed by atoms with Gasteiger partial charge in [0, 0.05) is 25.5 Å². The quantitative estimate of drug-likeness (QED) is 0.828. The third-order valence-corrected chi connectivity index (χ3v) is 3.33.